The first-order valence-electron chi connectivity index (χ1n) is 11.6. The van der Waals surface area contributed by atoms with Gasteiger partial charge in [-0.2, -0.15) is 0 Å². The molecule has 1 aliphatic heterocycles. The normalized spacial score (nSPS) is 14.4. The lowest BCUT2D eigenvalue weighted by molar-refractivity contribution is 0.0718. The first kappa shape index (κ1) is 25.1. The number of nitrogens with zero attached hydrogens (tertiary/aromatic N) is 2. The molecule has 0 spiro atoms. The quantitative estimate of drug-likeness (QED) is 0.411. The van der Waals surface area contributed by atoms with Gasteiger partial charge in [-0.25, -0.2) is 19.4 Å². The molecule has 4 rings (SSSR count). The van der Waals surface area contributed by atoms with Crippen LogP contribution in [0.2, 0.25) is 0 Å². The second kappa shape index (κ2) is 9.93. The Hall–Kier alpha value is -3.00. The molecule has 0 N–H and O–H groups in total. The van der Waals surface area contributed by atoms with Gasteiger partial charge in [0.15, 0.2) is 6.61 Å². The number of benzene rings is 2. The fraction of sp³-hybridized carbons (Fsp3) is 0.407. The van der Waals surface area contributed by atoms with Gasteiger partial charge in [0.25, 0.3) is 5.91 Å². The zero-order valence-corrected chi connectivity index (χ0v) is 21.8. The molecule has 6 nitrogen and oxygen atoms in total. The van der Waals surface area contributed by atoms with Crippen molar-refractivity contribution >= 4 is 15.9 Å². The number of carbonyl (C=O) groups excluding carboxylic acids is 1. The van der Waals surface area contributed by atoms with Crippen LogP contribution in [0.5, 0.6) is 11.5 Å². The minimum atomic E-state index is -0.895. The third-order valence-corrected chi connectivity index (χ3v) is 10.5. The first-order chi connectivity index (χ1) is 16.5. The third-order valence-electron chi connectivity index (χ3n) is 6.52. The van der Waals surface area contributed by atoms with Gasteiger partial charge in [0.2, 0.25) is 5.89 Å². The van der Waals surface area contributed by atoms with Crippen LogP contribution in [0, 0.1) is 5.82 Å². The van der Waals surface area contributed by atoms with E-state index in [0.717, 1.165) is 11.4 Å². The average molecular weight is 501 g/mol. The summed E-state index contributed by atoms with van der Waals surface area (Å²) in [4.78, 5) is 19.0. The van der Waals surface area contributed by atoms with Gasteiger partial charge in [-0.1, -0.05) is 20.8 Å². The molecule has 0 aliphatic carbocycles. The molecule has 0 atom stereocenters. The Balaban J connectivity index is 1.31. The van der Waals surface area contributed by atoms with E-state index >= 15 is 0 Å². The number of hydrogen-bond donors (Lipinski definition) is 0. The number of oxazole rings is 1. The monoisotopic (exact) mass is 500 g/mol. The highest BCUT2D eigenvalue weighted by Crippen LogP contribution is 2.52. The SMILES string of the molecule is CC(C)(C)S(C)(C)COc1ccc(OCc2nc3c(o2)CN(C(=O)c2ccc(F)cc2)CC3)cc1. The summed E-state index contributed by atoms with van der Waals surface area (Å²) >= 11 is 0. The predicted molar refractivity (Wildman–Crippen MR) is 137 cm³/mol. The number of amides is 1. The van der Waals surface area contributed by atoms with E-state index in [1.54, 1.807) is 4.90 Å². The Labute approximate surface area is 207 Å². The summed E-state index contributed by atoms with van der Waals surface area (Å²) in [6.07, 6.45) is 5.18. The Bertz CT molecular complexity index is 1170. The number of carbonyl (C=O) groups is 1. The van der Waals surface area contributed by atoms with Gasteiger partial charge in [-0.3, -0.25) is 4.79 Å². The zero-order valence-electron chi connectivity index (χ0n) is 21.0. The molecule has 0 saturated carbocycles. The lowest BCUT2D eigenvalue weighted by Crippen LogP contribution is -2.35. The van der Waals surface area contributed by atoms with E-state index < -0.39 is 10.0 Å². The maximum absolute atomic E-state index is 13.2. The fourth-order valence-electron chi connectivity index (χ4n) is 3.43. The van der Waals surface area contributed by atoms with Crippen LogP contribution in [0.15, 0.2) is 52.9 Å². The number of ether oxygens (including phenoxy) is 2. The van der Waals surface area contributed by atoms with E-state index in [0.29, 0.717) is 48.4 Å². The summed E-state index contributed by atoms with van der Waals surface area (Å²) in [6, 6.07) is 13.1. The second-order valence-corrected chi connectivity index (χ2v) is 14.7. The Morgan fingerprint density at radius 1 is 1.06 bits per heavy atom. The van der Waals surface area contributed by atoms with Crippen LogP contribution in [-0.4, -0.2) is 45.5 Å². The number of fused-ring (bicyclic) bond motifs is 1. The highest BCUT2D eigenvalue weighted by Gasteiger charge is 2.28. The molecule has 35 heavy (non-hydrogen) atoms. The van der Waals surface area contributed by atoms with E-state index in [1.807, 2.05) is 24.3 Å². The van der Waals surface area contributed by atoms with Crippen LogP contribution < -0.4 is 9.47 Å². The molecule has 188 valence electrons. The topological polar surface area (TPSA) is 64.8 Å². The summed E-state index contributed by atoms with van der Waals surface area (Å²) in [5.74, 6) is 2.84. The highest BCUT2D eigenvalue weighted by molar-refractivity contribution is 8.33. The van der Waals surface area contributed by atoms with E-state index in [-0.39, 0.29) is 23.1 Å². The number of aromatic nitrogens is 1. The van der Waals surface area contributed by atoms with E-state index in [2.05, 4.69) is 38.3 Å². The summed E-state index contributed by atoms with van der Waals surface area (Å²) < 4.78 is 31.2. The molecule has 1 amide bonds. The van der Waals surface area contributed by atoms with Gasteiger partial charge in [-0.05, 0) is 65.8 Å². The summed E-state index contributed by atoms with van der Waals surface area (Å²) in [5, 5.41) is 0. The number of hydrogen-bond acceptors (Lipinski definition) is 5. The van der Waals surface area contributed by atoms with Gasteiger partial charge >= 0.3 is 0 Å². The van der Waals surface area contributed by atoms with Crippen molar-refractivity contribution < 1.29 is 23.1 Å². The summed E-state index contributed by atoms with van der Waals surface area (Å²) in [5.41, 5.74) is 1.30. The first-order valence-corrected chi connectivity index (χ1v) is 14.2. The predicted octanol–water partition coefficient (Wildman–Crippen LogP) is 5.79. The minimum absolute atomic E-state index is 0.153. The molecular weight excluding hydrogens is 467 g/mol. The number of rotatable bonds is 7. The number of halogens is 1. The van der Waals surface area contributed by atoms with Crippen molar-refractivity contribution in [2.45, 2.75) is 45.1 Å². The molecular formula is C27H33FN2O4S. The molecule has 0 unspecified atom stereocenters. The molecule has 1 aliphatic rings. The van der Waals surface area contributed by atoms with Crippen molar-refractivity contribution in [2.24, 2.45) is 0 Å². The van der Waals surface area contributed by atoms with Crippen LogP contribution >= 0.6 is 10.0 Å². The molecule has 2 heterocycles. The molecule has 3 aromatic rings. The van der Waals surface area contributed by atoms with Gasteiger partial charge in [0.1, 0.15) is 29.0 Å². The van der Waals surface area contributed by atoms with E-state index in [9.17, 15) is 9.18 Å². The Kier molecular flexibility index (Phi) is 7.12. The van der Waals surface area contributed by atoms with Crippen molar-refractivity contribution in [1.29, 1.82) is 0 Å². The molecule has 0 saturated heterocycles. The maximum atomic E-state index is 13.2. The molecule has 8 heteroatoms. The molecule has 1 aromatic heterocycles. The lowest BCUT2D eigenvalue weighted by atomic mass is 10.1. The molecule has 2 aromatic carbocycles. The average Bonchev–Trinajstić information content (AvgIpc) is 3.23. The van der Waals surface area contributed by atoms with Crippen molar-refractivity contribution in [3.8, 4) is 11.5 Å². The van der Waals surface area contributed by atoms with Crippen molar-refractivity contribution in [1.82, 2.24) is 9.88 Å². The molecule has 0 bridgehead atoms. The van der Waals surface area contributed by atoms with Crippen molar-refractivity contribution in [2.75, 3.05) is 25.0 Å². The Morgan fingerprint density at radius 2 is 1.69 bits per heavy atom. The van der Waals surface area contributed by atoms with Crippen LogP contribution in [0.4, 0.5) is 4.39 Å². The van der Waals surface area contributed by atoms with Gasteiger partial charge < -0.3 is 18.8 Å². The van der Waals surface area contributed by atoms with Crippen molar-refractivity contribution in [3.05, 3.63) is 77.3 Å². The summed E-state index contributed by atoms with van der Waals surface area (Å²) in [6.45, 7) is 7.82. The third kappa shape index (κ3) is 5.99. The van der Waals surface area contributed by atoms with Gasteiger partial charge in [0.05, 0.1) is 12.2 Å². The Morgan fingerprint density at radius 3 is 2.31 bits per heavy atom. The standard InChI is InChI=1S/C27H33FN2O4S/c1-27(2,3)35(4,5)18-33-22-12-10-21(11-13-22)32-17-25-29-23-14-15-30(16-24(23)34-25)26(31)19-6-8-20(28)9-7-19/h6-13H,14-18H2,1-5H3. The highest BCUT2D eigenvalue weighted by atomic mass is 32.3. The van der Waals surface area contributed by atoms with E-state index in [1.165, 1.54) is 24.3 Å². The van der Waals surface area contributed by atoms with Crippen LogP contribution in [0.1, 0.15) is 48.5 Å². The molecule has 0 radical (unpaired) electrons. The van der Waals surface area contributed by atoms with Gasteiger partial charge in [-0.15, -0.1) is 0 Å². The van der Waals surface area contributed by atoms with Gasteiger partial charge in [0, 0.05) is 18.5 Å². The van der Waals surface area contributed by atoms with Crippen LogP contribution in [0.3, 0.4) is 0 Å². The smallest absolute Gasteiger partial charge is 0.254 e. The molecule has 0 fully saturated rings. The largest absolute Gasteiger partial charge is 0.484 e. The zero-order chi connectivity index (χ0) is 25.2. The lowest BCUT2D eigenvalue weighted by Gasteiger charge is -2.43. The van der Waals surface area contributed by atoms with E-state index in [4.69, 9.17) is 13.9 Å². The summed E-state index contributed by atoms with van der Waals surface area (Å²) in [7, 11) is -0.895. The van der Waals surface area contributed by atoms with Crippen LogP contribution in [-0.2, 0) is 19.6 Å². The maximum Gasteiger partial charge on any atom is 0.254 e. The second-order valence-electron chi connectivity index (χ2n) is 10.1. The van der Waals surface area contributed by atoms with Crippen LogP contribution in [0.25, 0.3) is 0 Å². The minimum Gasteiger partial charge on any atom is -0.484 e. The van der Waals surface area contributed by atoms with Crippen molar-refractivity contribution in [3.63, 3.8) is 0 Å². The fourth-order valence-corrected chi connectivity index (χ4v) is 4.21.